The van der Waals surface area contributed by atoms with Gasteiger partial charge in [0.1, 0.15) is 10.6 Å². The highest BCUT2D eigenvalue weighted by molar-refractivity contribution is 7.89. The van der Waals surface area contributed by atoms with Gasteiger partial charge in [-0.2, -0.15) is 0 Å². The highest BCUT2D eigenvalue weighted by atomic mass is 32.2. The monoisotopic (exact) mass is 367 g/mol. The summed E-state index contributed by atoms with van der Waals surface area (Å²) in [7, 11) is -3.78. The smallest absolute Gasteiger partial charge is 0.246 e. The Labute approximate surface area is 146 Å². The van der Waals surface area contributed by atoms with Crippen molar-refractivity contribution in [3.63, 3.8) is 0 Å². The van der Waals surface area contributed by atoms with Crippen LogP contribution in [0.2, 0.25) is 0 Å². The molecule has 0 radical (unpaired) electrons. The maximum absolute atomic E-state index is 12.7. The molecule has 0 aliphatic carbocycles. The van der Waals surface area contributed by atoms with Gasteiger partial charge in [-0.1, -0.05) is 11.2 Å². The second kappa shape index (κ2) is 7.61. The van der Waals surface area contributed by atoms with Crippen LogP contribution in [0.1, 0.15) is 23.6 Å². The van der Waals surface area contributed by atoms with Gasteiger partial charge in [0.05, 0.1) is 31.1 Å². The molecule has 0 bridgehead atoms. The van der Waals surface area contributed by atoms with Crippen LogP contribution in [-0.2, 0) is 26.1 Å². The number of sulfonamides is 1. The van der Waals surface area contributed by atoms with Crippen LogP contribution in [0.15, 0.2) is 33.8 Å². The maximum Gasteiger partial charge on any atom is 0.246 e. The average Bonchev–Trinajstić information content (AvgIpc) is 2.94. The van der Waals surface area contributed by atoms with E-state index in [2.05, 4.69) is 14.9 Å². The molecule has 1 fully saturated rings. The number of rotatable bonds is 6. The third-order valence-corrected chi connectivity index (χ3v) is 5.74. The number of hydrogen-bond donors (Lipinski definition) is 1. The van der Waals surface area contributed by atoms with Crippen LogP contribution < -0.4 is 4.72 Å². The van der Waals surface area contributed by atoms with E-state index >= 15 is 0 Å². The van der Waals surface area contributed by atoms with E-state index in [0.717, 1.165) is 5.69 Å². The molecule has 0 aromatic carbocycles. The number of aryl methyl sites for hydroxylation is 2. The quantitative estimate of drug-likeness (QED) is 0.821. The summed E-state index contributed by atoms with van der Waals surface area (Å²) in [5, 5.41) is 3.71. The van der Waals surface area contributed by atoms with E-state index in [1.165, 1.54) is 0 Å². The van der Waals surface area contributed by atoms with Crippen LogP contribution in [0.4, 0.5) is 0 Å². The molecule has 2 atom stereocenters. The maximum atomic E-state index is 12.7. The largest absolute Gasteiger partial charge is 0.380 e. The van der Waals surface area contributed by atoms with Gasteiger partial charge in [0, 0.05) is 12.8 Å². The molecule has 25 heavy (non-hydrogen) atoms. The van der Waals surface area contributed by atoms with E-state index in [9.17, 15) is 8.42 Å². The summed E-state index contributed by atoms with van der Waals surface area (Å²) in [5.74, 6) is 0.257. The first-order valence-electron chi connectivity index (χ1n) is 8.02. The summed E-state index contributed by atoms with van der Waals surface area (Å²) in [5.41, 5.74) is 1.12. The highest BCUT2D eigenvalue weighted by Crippen LogP contribution is 2.21. The molecular weight excluding hydrogens is 346 g/mol. The predicted molar refractivity (Wildman–Crippen MR) is 88.3 cm³/mol. The zero-order chi connectivity index (χ0) is 17.9. The minimum Gasteiger partial charge on any atom is -0.380 e. The third-order valence-electron chi connectivity index (χ3n) is 4.01. The Balaban J connectivity index is 1.70. The standard InChI is InChI=1S/C16H21N3O5S/c1-11-16(12(2)24-18-11)25(20,21)19-14-10-22-8-6-15(14)23-9-13-5-3-4-7-17-13/h3-5,7,14-15,19H,6,8-10H2,1-2H3/t14-,15-/m1/s1. The van der Waals surface area contributed by atoms with Crippen LogP contribution in [0, 0.1) is 13.8 Å². The lowest BCUT2D eigenvalue weighted by atomic mass is 10.1. The molecule has 1 aliphatic rings. The molecule has 0 unspecified atom stereocenters. The summed E-state index contributed by atoms with van der Waals surface area (Å²) in [6, 6.07) is 5.09. The number of hydrogen-bond acceptors (Lipinski definition) is 7. The number of nitrogens with one attached hydrogen (secondary N) is 1. The van der Waals surface area contributed by atoms with Crippen LogP contribution in [0.25, 0.3) is 0 Å². The average molecular weight is 367 g/mol. The Morgan fingerprint density at radius 2 is 2.20 bits per heavy atom. The Hall–Kier alpha value is -1.81. The number of pyridine rings is 1. The van der Waals surface area contributed by atoms with Crippen molar-refractivity contribution in [3.8, 4) is 0 Å². The Bertz CT molecular complexity index is 787. The van der Waals surface area contributed by atoms with Gasteiger partial charge in [0.25, 0.3) is 0 Å². The van der Waals surface area contributed by atoms with Crippen molar-refractivity contribution in [2.24, 2.45) is 0 Å². The molecule has 1 saturated heterocycles. The SMILES string of the molecule is Cc1noc(C)c1S(=O)(=O)N[C@@H]1COCC[C@H]1OCc1ccccn1. The van der Waals surface area contributed by atoms with Crippen molar-refractivity contribution in [3.05, 3.63) is 41.5 Å². The molecule has 0 spiro atoms. The van der Waals surface area contributed by atoms with Gasteiger partial charge in [-0.15, -0.1) is 0 Å². The Morgan fingerprint density at radius 1 is 1.36 bits per heavy atom. The van der Waals surface area contributed by atoms with E-state index in [0.29, 0.717) is 25.3 Å². The molecule has 3 rings (SSSR count). The minimum absolute atomic E-state index is 0.0709. The first-order chi connectivity index (χ1) is 12.0. The van der Waals surface area contributed by atoms with Crippen LogP contribution in [0.3, 0.4) is 0 Å². The van der Waals surface area contributed by atoms with E-state index in [4.69, 9.17) is 14.0 Å². The summed E-state index contributed by atoms with van der Waals surface area (Å²) in [4.78, 5) is 4.28. The molecule has 0 saturated carbocycles. The molecule has 3 heterocycles. The normalized spacial score (nSPS) is 21.4. The van der Waals surface area contributed by atoms with Crippen LogP contribution >= 0.6 is 0 Å². The lowest BCUT2D eigenvalue weighted by Gasteiger charge is -2.31. The molecular formula is C16H21N3O5S. The number of aromatic nitrogens is 2. The lowest BCUT2D eigenvalue weighted by molar-refractivity contribution is -0.0579. The van der Waals surface area contributed by atoms with Gasteiger partial charge in [-0.25, -0.2) is 13.1 Å². The van der Waals surface area contributed by atoms with Gasteiger partial charge >= 0.3 is 0 Å². The molecule has 0 amide bonds. The second-order valence-electron chi connectivity index (χ2n) is 5.92. The Kier molecular flexibility index (Phi) is 5.48. The highest BCUT2D eigenvalue weighted by Gasteiger charge is 2.33. The number of nitrogens with zero attached hydrogens (tertiary/aromatic N) is 2. The topological polar surface area (TPSA) is 104 Å². The summed E-state index contributed by atoms with van der Waals surface area (Å²) in [6.45, 7) is 4.25. The lowest BCUT2D eigenvalue weighted by Crippen LogP contribution is -2.50. The Morgan fingerprint density at radius 3 is 2.88 bits per heavy atom. The predicted octanol–water partition coefficient (Wildman–Crippen LogP) is 1.34. The zero-order valence-electron chi connectivity index (χ0n) is 14.1. The van der Waals surface area contributed by atoms with Crippen molar-refractivity contribution >= 4 is 10.0 Å². The van der Waals surface area contributed by atoms with Crippen molar-refractivity contribution in [1.82, 2.24) is 14.9 Å². The molecule has 9 heteroatoms. The van der Waals surface area contributed by atoms with Crippen LogP contribution in [-0.4, -0.2) is 43.9 Å². The zero-order valence-corrected chi connectivity index (χ0v) is 15.0. The van der Waals surface area contributed by atoms with Gasteiger partial charge in [-0.3, -0.25) is 4.98 Å². The van der Waals surface area contributed by atoms with E-state index in [1.54, 1.807) is 20.0 Å². The first-order valence-corrected chi connectivity index (χ1v) is 9.50. The first kappa shape index (κ1) is 18.0. The fraction of sp³-hybridized carbons (Fsp3) is 0.500. The summed E-state index contributed by atoms with van der Waals surface area (Å²) in [6.07, 6.45) is 1.99. The van der Waals surface area contributed by atoms with E-state index in [-0.39, 0.29) is 23.4 Å². The molecule has 1 aliphatic heterocycles. The fourth-order valence-electron chi connectivity index (χ4n) is 2.82. The van der Waals surface area contributed by atoms with Crippen molar-refractivity contribution < 1.29 is 22.4 Å². The summed E-state index contributed by atoms with van der Waals surface area (Å²) >= 11 is 0. The third kappa shape index (κ3) is 4.24. The van der Waals surface area contributed by atoms with Crippen LogP contribution in [0.5, 0.6) is 0 Å². The van der Waals surface area contributed by atoms with E-state index in [1.807, 2.05) is 18.2 Å². The number of ether oxygens (including phenoxy) is 2. The van der Waals surface area contributed by atoms with E-state index < -0.39 is 16.1 Å². The summed E-state index contributed by atoms with van der Waals surface area (Å²) < 4.78 is 44.3. The molecule has 2 aromatic heterocycles. The molecule has 2 aromatic rings. The van der Waals surface area contributed by atoms with Crippen molar-refractivity contribution in [2.75, 3.05) is 13.2 Å². The molecule has 8 nitrogen and oxygen atoms in total. The van der Waals surface area contributed by atoms with Gasteiger partial charge in [-0.05, 0) is 32.4 Å². The minimum atomic E-state index is -3.78. The van der Waals surface area contributed by atoms with Gasteiger partial charge < -0.3 is 14.0 Å². The van der Waals surface area contributed by atoms with Crippen molar-refractivity contribution in [1.29, 1.82) is 0 Å². The fourth-order valence-corrected chi connectivity index (χ4v) is 4.40. The molecule has 136 valence electrons. The van der Waals surface area contributed by atoms with Gasteiger partial charge in [0.15, 0.2) is 5.76 Å². The van der Waals surface area contributed by atoms with Gasteiger partial charge in [0.2, 0.25) is 10.0 Å². The second-order valence-corrected chi connectivity index (χ2v) is 7.57. The van der Waals surface area contributed by atoms with Crippen molar-refractivity contribution in [2.45, 2.75) is 43.9 Å². The molecule has 1 N–H and O–H groups in total.